The largest absolute Gasteiger partial charge is 0.462 e. The van der Waals surface area contributed by atoms with Crippen molar-refractivity contribution in [2.24, 2.45) is 11.3 Å². The second kappa shape index (κ2) is 8.64. The molecule has 3 N–H and O–H groups in total. The Bertz CT molecular complexity index is 1300. The third-order valence-electron chi connectivity index (χ3n) is 7.15. The van der Waals surface area contributed by atoms with Gasteiger partial charge in [-0.3, -0.25) is 4.79 Å². The van der Waals surface area contributed by atoms with Gasteiger partial charge >= 0.3 is 5.97 Å². The second-order valence-corrected chi connectivity index (χ2v) is 12.4. The van der Waals surface area contributed by atoms with E-state index in [1.54, 1.807) is 6.92 Å². The van der Waals surface area contributed by atoms with Crippen LogP contribution in [0.4, 0.5) is 10.7 Å². The van der Waals surface area contributed by atoms with Crippen LogP contribution >= 0.6 is 22.7 Å². The first-order valence-electron chi connectivity index (χ1n) is 12.0. The normalized spacial score (nSPS) is 17.5. The molecule has 180 valence electrons. The average Bonchev–Trinajstić information content (AvgIpc) is 3.46. The Morgan fingerprint density at radius 1 is 1.24 bits per heavy atom. The lowest BCUT2D eigenvalue weighted by atomic mass is 9.72. The fraction of sp³-hybridized carbons (Fsp3) is 0.500. The summed E-state index contributed by atoms with van der Waals surface area (Å²) in [7, 11) is 0. The number of nitrogens with two attached hydrogens (primary N) is 1. The van der Waals surface area contributed by atoms with E-state index in [0.29, 0.717) is 33.7 Å². The maximum absolute atomic E-state index is 13.4. The minimum Gasteiger partial charge on any atom is -0.462 e. The standard InChI is InChI=1S/C26H31N3O3S2/c1-5-32-25(31)19-15-10-9-14(26(2,3)4)12-18(15)33-24(19)29-22(30)21-20(27)16-11-13-7-6-8-17(13)28-23(16)34-21/h11,14H,5-10,12,27H2,1-4H3,(H,29,30). The predicted molar refractivity (Wildman–Crippen MR) is 139 cm³/mol. The summed E-state index contributed by atoms with van der Waals surface area (Å²) in [6, 6.07) is 2.09. The number of pyridine rings is 1. The van der Waals surface area contributed by atoms with Crippen LogP contribution in [-0.2, 0) is 30.4 Å². The van der Waals surface area contributed by atoms with E-state index in [-0.39, 0.29) is 17.3 Å². The number of fused-ring (bicyclic) bond motifs is 3. The lowest BCUT2D eigenvalue weighted by molar-refractivity contribution is 0.0526. The lowest BCUT2D eigenvalue weighted by Gasteiger charge is -2.33. The molecule has 0 radical (unpaired) electrons. The molecule has 3 aromatic heterocycles. The number of nitrogen functional groups attached to an aromatic ring is 1. The van der Waals surface area contributed by atoms with Gasteiger partial charge in [0.15, 0.2) is 0 Å². The molecule has 0 saturated heterocycles. The monoisotopic (exact) mass is 497 g/mol. The fourth-order valence-electron chi connectivity index (χ4n) is 5.16. The van der Waals surface area contributed by atoms with Gasteiger partial charge in [-0.15, -0.1) is 22.7 Å². The van der Waals surface area contributed by atoms with Crippen molar-refractivity contribution < 1.29 is 14.3 Å². The number of aryl methyl sites for hydroxylation is 2. The van der Waals surface area contributed by atoms with Crippen molar-refractivity contribution in [3.05, 3.63) is 38.2 Å². The first kappa shape index (κ1) is 23.3. The molecule has 34 heavy (non-hydrogen) atoms. The van der Waals surface area contributed by atoms with Crippen LogP contribution in [0.5, 0.6) is 0 Å². The van der Waals surface area contributed by atoms with E-state index in [0.717, 1.165) is 60.0 Å². The van der Waals surface area contributed by atoms with Crippen molar-refractivity contribution in [3.8, 4) is 0 Å². The summed E-state index contributed by atoms with van der Waals surface area (Å²) in [4.78, 5) is 33.5. The molecule has 1 amide bonds. The van der Waals surface area contributed by atoms with Gasteiger partial charge in [0.1, 0.15) is 14.7 Å². The highest BCUT2D eigenvalue weighted by molar-refractivity contribution is 7.21. The first-order chi connectivity index (χ1) is 16.2. The van der Waals surface area contributed by atoms with Gasteiger partial charge in [-0.1, -0.05) is 20.8 Å². The molecule has 0 spiro atoms. The number of anilines is 2. The van der Waals surface area contributed by atoms with Gasteiger partial charge in [0.25, 0.3) is 5.91 Å². The highest BCUT2D eigenvalue weighted by atomic mass is 32.1. The molecule has 1 unspecified atom stereocenters. The van der Waals surface area contributed by atoms with Crippen molar-refractivity contribution in [2.45, 2.75) is 66.2 Å². The Kier molecular flexibility index (Phi) is 5.92. The van der Waals surface area contributed by atoms with Crippen molar-refractivity contribution in [1.82, 2.24) is 4.98 Å². The summed E-state index contributed by atoms with van der Waals surface area (Å²) in [6.45, 7) is 8.88. The molecule has 0 bridgehead atoms. The van der Waals surface area contributed by atoms with Gasteiger partial charge < -0.3 is 15.8 Å². The number of rotatable bonds is 4. The minimum atomic E-state index is -0.369. The van der Waals surface area contributed by atoms with Crippen molar-refractivity contribution in [2.75, 3.05) is 17.7 Å². The number of thiophene rings is 2. The summed E-state index contributed by atoms with van der Waals surface area (Å²) in [6.07, 6.45) is 5.85. The van der Waals surface area contributed by atoms with Crippen LogP contribution in [-0.4, -0.2) is 23.5 Å². The number of amides is 1. The topological polar surface area (TPSA) is 94.3 Å². The molecule has 6 nitrogen and oxygen atoms in total. The molecular formula is C26H31N3O3S2. The predicted octanol–water partition coefficient (Wildman–Crippen LogP) is 6.01. The molecule has 1 atom stereocenters. The summed E-state index contributed by atoms with van der Waals surface area (Å²) >= 11 is 2.83. The van der Waals surface area contributed by atoms with Crippen molar-refractivity contribution >= 4 is 55.5 Å². The van der Waals surface area contributed by atoms with E-state index in [1.807, 2.05) is 0 Å². The van der Waals surface area contributed by atoms with E-state index in [4.69, 9.17) is 15.5 Å². The number of ether oxygens (including phenoxy) is 1. The first-order valence-corrected chi connectivity index (χ1v) is 13.6. The molecule has 0 saturated carbocycles. The average molecular weight is 498 g/mol. The Morgan fingerprint density at radius 2 is 2.03 bits per heavy atom. The number of nitrogens with zero attached hydrogens (tertiary/aromatic N) is 1. The molecule has 0 aromatic carbocycles. The third kappa shape index (κ3) is 4.01. The zero-order valence-electron chi connectivity index (χ0n) is 20.2. The molecule has 3 heterocycles. The quantitative estimate of drug-likeness (QED) is 0.431. The zero-order valence-corrected chi connectivity index (χ0v) is 21.8. The van der Waals surface area contributed by atoms with Gasteiger partial charge in [-0.2, -0.15) is 0 Å². The van der Waals surface area contributed by atoms with Gasteiger partial charge in [-0.25, -0.2) is 9.78 Å². The van der Waals surface area contributed by atoms with Gasteiger partial charge in [0.05, 0.1) is 17.9 Å². The van der Waals surface area contributed by atoms with E-state index in [2.05, 4.69) is 32.2 Å². The third-order valence-corrected chi connectivity index (χ3v) is 9.44. The van der Waals surface area contributed by atoms with Crippen molar-refractivity contribution in [1.29, 1.82) is 0 Å². The fourth-order valence-corrected chi connectivity index (χ4v) is 7.46. The number of nitrogens with one attached hydrogen (secondary N) is 1. The lowest BCUT2D eigenvalue weighted by Crippen LogP contribution is -2.26. The molecule has 0 fully saturated rings. The number of carbonyl (C=O) groups is 2. The van der Waals surface area contributed by atoms with Crippen LogP contribution in [0.3, 0.4) is 0 Å². The molecule has 0 aliphatic heterocycles. The van der Waals surface area contributed by atoms with E-state index in [9.17, 15) is 9.59 Å². The Hall–Kier alpha value is -2.45. The zero-order chi connectivity index (χ0) is 24.2. The highest BCUT2D eigenvalue weighted by Gasteiger charge is 2.35. The van der Waals surface area contributed by atoms with Crippen LogP contribution in [0.1, 0.15) is 82.3 Å². The van der Waals surface area contributed by atoms with Gasteiger partial charge in [0, 0.05) is 16.0 Å². The molecule has 2 aliphatic carbocycles. The Balaban J connectivity index is 1.49. The van der Waals surface area contributed by atoms with Crippen LogP contribution < -0.4 is 11.1 Å². The van der Waals surface area contributed by atoms with Crippen LogP contribution in [0, 0.1) is 11.3 Å². The van der Waals surface area contributed by atoms with Gasteiger partial charge in [0.2, 0.25) is 0 Å². The summed E-state index contributed by atoms with van der Waals surface area (Å²) < 4.78 is 5.38. The Morgan fingerprint density at radius 3 is 2.76 bits per heavy atom. The number of carbonyl (C=O) groups excluding carboxylic acids is 2. The highest BCUT2D eigenvalue weighted by Crippen LogP contribution is 2.45. The Labute approximate surface area is 207 Å². The number of hydrogen-bond donors (Lipinski definition) is 2. The second-order valence-electron chi connectivity index (χ2n) is 10.3. The number of hydrogen-bond acceptors (Lipinski definition) is 7. The minimum absolute atomic E-state index is 0.188. The van der Waals surface area contributed by atoms with E-state index >= 15 is 0 Å². The van der Waals surface area contributed by atoms with E-state index in [1.165, 1.54) is 33.1 Å². The maximum atomic E-state index is 13.4. The van der Waals surface area contributed by atoms with Crippen LogP contribution in [0.2, 0.25) is 0 Å². The van der Waals surface area contributed by atoms with Crippen molar-refractivity contribution in [3.63, 3.8) is 0 Å². The van der Waals surface area contributed by atoms with Crippen LogP contribution in [0.15, 0.2) is 6.07 Å². The molecular weight excluding hydrogens is 466 g/mol. The summed E-state index contributed by atoms with van der Waals surface area (Å²) in [5, 5.41) is 4.43. The van der Waals surface area contributed by atoms with Gasteiger partial charge in [-0.05, 0) is 74.0 Å². The summed E-state index contributed by atoms with van der Waals surface area (Å²) in [5.41, 5.74) is 11.0. The SMILES string of the molecule is CCOC(=O)c1c(NC(=O)c2sc3nc4c(cc3c2N)CCC4)sc2c1CCC(C(C)(C)C)C2. The van der Waals surface area contributed by atoms with Crippen LogP contribution in [0.25, 0.3) is 10.2 Å². The molecule has 2 aliphatic rings. The van der Waals surface area contributed by atoms with E-state index < -0.39 is 0 Å². The molecule has 5 rings (SSSR count). The number of esters is 1. The molecule has 3 aromatic rings. The smallest absolute Gasteiger partial charge is 0.341 e. The number of aromatic nitrogens is 1. The molecule has 8 heteroatoms. The summed E-state index contributed by atoms with van der Waals surface area (Å²) in [5.74, 6) is -0.132. The maximum Gasteiger partial charge on any atom is 0.341 e.